The highest BCUT2D eigenvalue weighted by Crippen LogP contribution is 2.30. The number of aromatic nitrogens is 2. The van der Waals surface area contributed by atoms with E-state index in [0.717, 1.165) is 12.1 Å². The van der Waals surface area contributed by atoms with Crippen LogP contribution in [0.1, 0.15) is 33.9 Å². The van der Waals surface area contributed by atoms with Crippen LogP contribution >= 0.6 is 11.6 Å². The number of hydrogen-bond donors (Lipinski definition) is 2. The van der Waals surface area contributed by atoms with E-state index in [4.69, 9.17) is 11.6 Å². The first-order chi connectivity index (χ1) is 16.7. The Morgan fingerprint density at radius 3 is 2.63 bits per heavy atom. The maximum atomic E-state index is 14.6. The minimum absolute atomic E-state index is 0.0206. The molecule has 7 nitrogen and oxygen atoms in total. The van der Waals surface area contributed by atoms with E-state index in [1.165, 1.54) is 13.1 Å². The number of benzene rings is 2. The zero-order chi connectivity index (χ0) is 25.3. The van der Waals surface area contributed by atoms with Gasteiger partial charge in [-0.15, -0.1) is 0 Å². The lowest BCUT2D eigenvalue weighted by molar-refractivity contribution is -0.138. The zero-order valence-corrected chi connectivity index (χ0v) is 20.4. The van der Waals surface area contributed by atoms with Crippen LogP contribution in [-0.2, 0) is 4.79 Å². The molecular formula is C25H26ClF2N5O2. The molecule has 1 atom stereocenters. The second-order valence-corrected chi connectivity index (χ2v) is 9.33. The van der Waals surface area contributed by atoms with Gasteiger partial charge in [0.2, 0.25) is 5.91 Å². The first-order valence-electron chi connectivity index (χ1n) is 11.1. The van der Waals surface area contributed by atoms with E-state index in [9.17, 15) is 18.4 Å². The van der Waals surface area contributed by atoms with Crippen LogP contribution in [0.2, 0.25) is 5.02 Å². The van der Waals surface area contributed by atoms with Crippen LogP contribution in [0.3, 0.4) is 0 Å². The van der Waals surface area contributed by atoms with Gasteiger partial charge in [0.1, 0.15) is 11.6 Å². The normalized spacial score (nSPS) is 14.7. The number of rotatable bonds is 7. The van der Waals surface area contributed by atoms with Gasteiger partial charge >= 0.3 is 0 Å². The van der Waals surface area contributed by atoms with E-state index in [0.29, 0.717) is 29.7 Å². The van der Waals surface area contributed by atoms with Crippen LogP contribution < -0.4 is 5.32 Å². The minimum atomic E-state index is -0.687. The van der Waals surface area contributed by atoms with E-state index in [1.807, 2.05) is 14.1 Å². The van der Waals surface area contributed by atoms with Crippen molar-refractivity contribution < 1.29 is 18.4 Å². The number of aromatic amines is 1. The predicted octanol–water partition coefficient (Wildman–Crippen LogP) is 3.95. The summed E-state index contributed by atoms with van der Waals surface area (Å²) < 4.78 is 28.7. The lowest BCUT2D eigenvalue weighted by atomic mass is 9.99. The molecule has 35 heavy (non-hydrogen) atoms. The van der Waals surface area contributed by atoms with Crippen molar-refractivity contribution in [3.8, 4) is 11.3 Å². The largest absolute Gasteiger partial charge is 0.345 e. The molecule has 10 heteroatoms. The second kappa shape index (κ2) is 10.1. The third-order valence-electron chi connectivity index (χ3n) is 6.36. The monoisotopic (exact) mass is 501 g/mol. The quantitative estimate of drug-likeness (QED) is 0.513. The van der Waals surface area contributed by atoms with Crippen molar-refractivity contribution in [1.82, 2.24) is 25.3 Å². The number of likely N-dealkylation sites (tertiary alicyclic amines) is 1. The minimum Gasteiger partial charge on any atom is -0.345 e. The average Bonchev–Trinajstić information content (AvgIpc) is 3.24. The molecule has 0 bridgehead atoms. The van der Waals surface area contributed by atoms with Crippen LogP contribution in [0.25, 0.3) is 11.3 Å². The number of amides is 2. The molecule has 0 radical (unpaired) electrons. The summed E-state index contributed by atoms with van der Waals surface area (Å²) in [6.07, 6.45) is 1.27. The first kappa shape index (κ1) is 24.8. The van der Waals surface area contributed by atoms with Gasteiger partial charge < -0.3 is 15.1 Å². The summed E-state index contributed by atoms with van der Waals surface area (Å²) in [5.41, 5.74) is 0.733. The molecule has 1 aliphatic heterocycles. The second-order valence-electron chi connectivity index (χ2n) is 8.89. The highest BCUT2D eigenvalue weighted by Gasteiger charge is 2.33. The molecule has 1 fully saturated rings. The van der Waals surface area contributed by atoms with E-state index in [-0.39, 0.29) is 34.7 Å². The lowest BCUT2D eigenvalue weighted by Gasteiger charge is -2.43. The Morgan fingerprint density at radius 2 is 1.94 bits per heavy atom. The number of carbonyl (C=O) groups is 2. The van der Waals surface area contributed by atoms with Gasteiger partial charge in [0.25, 0.3) is 5.91 Å². The molecule has 3 aromatic rings. The van der Waals surface area contributed by atoms with Crippen molar-refractivity contribution in [3.63, 3.8) is 0 Å². The van der Waals surface area contributed by atoms with Gasteiger partial charge in [-0.05, 0) is 56.4 Å². The molecule has 2 heterocycles. The van der Waals surface area contributed by atoms with Crippen LogP contribution in [0.4, 0.5) is 8.78 Å². The molecule has 0 aliphatic carbocycles. The lowest BCUT2D eigenvalue weighted by Crippen LogP contribution is -2.59. The number of carbonyl (C=O) groups excluding carboxylic acids is 2. The molecule has 2 amide bonds. The SMILES string of the molecule is Cc1c(F)ccc(F)c1-c1[nH]ncc1C(=O)N[C@@H](CC(=O)N1CC(N(C)C)C1)c1cccc(Cl)c1. The summed E-state index contributed by atoms with van der Waals surface area (Å²) in [7, 11) is 3.93. The Morgan fingerprint density at radius 1 is 1.23 bits per heavy atom. The van der Waals surface area contributed by atoms with Crippen molar-refractivity contribution >= 4 is 23.4 Å². The molecule has 1 aromatic heterocycles. The maximum Gasteiger partial charge on any atom is 0.255 e. The van der Waals surface area contributed by atoms with Crippen LogP contribution in [0.15, 0.2) is 42.6 Å². The Labute approximate surface area is 207 Å². The fourth-order valence-corrected chi connectivity index (χ4v) is 4.31. The van der Waals surface area contributed by atoms with Gasteiger partial charge in [-0.3, -0.25) is 14.7 Å². The van der Waals surface area contributed by atoms with Gasteiger partial charge in [0.15, 0.2) is 0 Å². The van der Waals surface area contributed by atoms with Crippen LogP contribution in [0.5, 0.6) is 0 Å². The standard InChI is InChI=1S/C25H26ClF2N5O2/c1-14-19(27)7-8-20(28)23(14)24-18(11-29-31-24)25(35)30-21(15-5-4-6-16(26)9-15)10-22(34)33-12-17(13-33)32(2)3/h4-9,11,17,21H,10,12-13H2,1-3H3,(H,29,31)(H,30,35)/t21-/m0/s1. The summed E-state index contributed by atoms with van der Waals surface area (Å²) in [5.74, 6) is -1.97. The van der Waals surface area contributed by atoms with E-state index in [1.54, 1.807) is 29.2 Å². The highest BCUT2D eigenvalue weighted by molar-refractivity contribution is 6.30. The topological polar surface area (TPSA) is 81.3 Å². The van der Waals surface area contributed by atoms with Gasteiger partial charge in [-0.2, -0.15) is 5.10 Å². The highest BCUT2D eigenvalue weighted by atomic mass is 35.5. The number of nitrogens with one attached hydrogen (secondary N) is 2. The Balaban J connectivity index is 1.59. The van der Waals surface area contributed by atoms with Gasteiger partial charge in [-0.25, -0.2) is 8.78 Å². The van der Waals surface area contributed by atoms with Gasteiger partial charge in [0.05, 0.1) is 29.9 Å². The van der Waals surface area contributed by atoms with E-state index < -0.39 is 23.6 Å². The molecule has 184 valence electrons. The van der Waals surface area contributed by atoms with Crippen molar-refractivity contribution in [2.45, 2.75) is 25.4 Å². The summed E-state index contributed by atoms with van der Waals surface area (Å²) in [6.45, 7) is 2.66. The average molecular weight is 502 g/mol. The summed E-state index contributed by atoms with van der Waals surface area (Å²) in [5, 5.41) is 9.82. The number of hydrogen-bond acceptors (Lipinski definition) is 4. The Kier molecular flexibility index (Phi) is 7.18. The molecule has 0 spiro atoms. The molecule has 1 aliphatic rings. The molecule has 4 rings (SSSR count). The van der Waals surface area contributed by atoms with E-state index in [2.05, 4.69) is 20.4 Å². The maximum absolute atomic E-state index is 14.6. The zero-order valence-electron chi connectivity index (χ0n) is 19.6. The molecule has 2 aromatic carbocycles. The molecule has 0 unspecified atom stereocenters. The third-order valence-corrected chi connectivity index (χ3v) is 6.60. The fourth-order valence-electron chi connectivity index (χ4n) is 4.11. The number of likely N-dealkylation sites (N-methyl/N-ethyl adjacent to an activating group) is 1. The van der Waals surface area contributed by atoms with Crippen molar-refractivity contribution in [1.29, 1.82) is 0 Å². The van der Waals surface area contributed by atoms with Gasteiger partial charge in [0, 0.05) is 29.7 Å². The fraction of sp³-hybridized carbons (Fsp3) is 0.320. The van der Waals surface area contributed by atoms with Crippen molar-refractivity contribution in [2.24, 2.45) is 0 Å². The van der Waals surface area contributed by atoms with Crippen LogP contribution in [0, 0.1) is 18.6 Å². The molecule has 0 saturated carbocycles. The number of halogens is 3. The summed E-state index contributed by atoms with van der Waals surface area (Å²) in [4.78, 5) is 30.1. The summed E-state index contributed by atoms with van der Waals surface area (Å²) >= 11 is 6.17. The van der Waals surface area contributed by atoms with Crippen molar-refractivity contribution in [2.75, 3.05) is 27.2 Å². The Bertz CT molecular complexity index is 1260. The van der Waals surface area contributed by atoms with Crippen LogP contribution in [-0.4, -0.2) is 65.0 Å². The number of nitrogens with zero attached hydrogens (tertiary/aromatic N) is 3. The first-order valence-corrected chi connectivity index (χ1v) is 11.5. The summed E-state index contributed by atoms with van der Waals surface area (Å²) in [6, 6.07) is 8.54. The van der Waals surface area contributed by atoms with E-state index >= 15 is 0 Å². The van der Waals surface area contributed by atoms with Crippen molar-refractivity contribution in [3.05, 3.63) is 75.9 Å². The number of H-pyrrole nitrogens is 1. The molecular weight excluding hydrogens is 476 g/mol. The smallest absolute Gasteiger partial charge is 0.255 e. The third kappa shape index (κ3) is 5.21. The predicted molar refractivity (Wildman–Crippen MR) is 129 cm³/mol. The van der Waals surface area contributed by atoms with Gasteiger partial charge in [-0.1, -0.05) is 23.7 Å². The molecule has 1 saturated heterocycles. The molecule has 2 N–H and O–H groups in total. The Hall–Kier alpha value is -3.30.